The van der Waals surface area contributed by atoms with Crippen LogP contribution in [0.25, 0.3) is 0 Å². The van der Waals surface area contributed by atoms with Gasteiger partial charge in [0.15, 0.2) is 0 Å². The first-order valence-electron chi connectivity index (χ1n) is 12.5. The molecule has 180 valence electrons. The van der Waals surface area contributed by atoms with Gasteiger partial charge in [-0.1, -0.05) is 121 Å². The molecule has 1 unspecified atom stereocenters. The van der Waals surface area contributed by atoms with E-state index in [4.69, 9.17) is 5.73 Å². The highest BCUT2D eigenvalue weighted by molar-refractivity contribution is 5.20. The molecule has 0 aliphatic rings. The maximum Gasteiger partial charge on any atom is 0.0713 e. The summed E-state index contributed by atoms with van der Waals surface area (Å²) in [5.74, 6) is 0. The van der Waals surface area contributed by atoms with Crippen molar-refractivity contribution in [2.45, 2.75) is 50.5 Å². The van der Waals surface area contributed by atoms with Crippen LogP contribution in [0.15, 0.2) is 121 Å². The van der Waals surface area contributed by atoms with Gasteiger partial charge in [0.1, 0.15) is 0 Å². The van der Waals surface area contributed by atoms with Crippen LogP contribution in [0.4, 0.5) is 0 Å². The monoisotopic (exact) mass is 464 g/mol. The van der Waals surface area contributed by atoms with Crippen LogP contribution in [0.5, 0.6) is 0 Å². The first-order chi connectivity index (χ1) is 17.2. The van der Waals surface area contributed by atoms with Crippen LogP contribution < -0.4 is 5.73 Å². The topological polar surface area (TPSA) is 49.5 Å². The molecule has 0 spiro atoms. The van der Waals surface area contributed by atoms with E-state index in [2.05, 4.69) is 89.8 Å². The summed E-state index contributed by atoms with van der Waals surface area (Å²) in [5.41, 5.74) is 11.5. The second kappa shape index (κ2) is 13.0. The van der Waals surface area contributed by atoms with Crippen molar-refractivity contribution in [3.05, 3.63) is 144 Å². The van der Waals surface area contributed by atoms with Gasteiger partial charge in [-0.25, -0.2) is 0 Å². The normalized spacial score (nSPS) is 13.9. The predicted molar refractivity (Wildman–Crippen MR) is 145 cm³/mol. The van der Waals surface area contributed by atoms with Gasteiger partial charge in [0, 0.05) is 25.2 Å². The van der Waals surface area contributed by atoms with Crippen molar-refractivity contribution in [2.24, 2.45) is 5.73 Å². The van der Waals surface area contributed by atoms with E-state index < -0.39 is 6.10 Å². The minimum absolute atomic E-state index is 0.0698. The molecule has 0 radical (unpaired) electrons. The fourth-order valence-corrected chi connectivity index (χ4v) is 4.76. The molecule has 3 N–H and O–H groups in total. The molecule has 4 aromatic rings. The Morgan fingerprint density at radius 2 is 0.914 bits per heavy atom. The van der Waals surface area contributed by atoms with Gasteiger partial charge in [0.2, 0.25) is 0 Å². The van der Waals surface area contributed by atoms with E-state index in [9.17, 15) is 5.11 Å². The predicted octanol–water partition coefficient (Wildman–Crippen LogP) is 5.62. The molecule has 0 amide bonds. The van der Waals surface area contributed by atoms with Gasteiger partial charge in [-0.05, 0) is 41.5 Å². The molecule has 4 aromatic carbocycles. The second-order valence-corrected chi connectivity index (χ2v) is 9.39. The molecule has 3 atom stereocenters. The Bertz CT molecular complexity index is 1060. The van der Waals surface area contributed by atoms with Crippen molar-refractivity contribution < 1.29 is 5.11 Å². The molecule has 35 heavy (non-hydrogen) atoms. The third kappa shape index (κ3) is 7.90. The number of hydrogen-bond acceptors (Lipinski definition) is 3. The summed E-state index contributed by atoms with van der Waals surface area (Å²) < 4.78 is 0. The Balaban J connectivity index is 1.58. The zero-order chi connectivity index (χ0) is 24.3. The van der Waals surface area contributed by atoms with Crippen LogP contribution in [0.2, 0.25) is 0 Å². The summed E-state index contributed by atoms with van der Waals surface area (Å²) in [6.45, 7) is 1.52. The molecule has 0 aliphatic heterocycles. The summed E-state index contributed by atoms with van der Waals surface area (Å²) >= 11 is 0. The number of hydrogen-bond donors (Lipinski definition) is 2. The fraction of sp³-hybridized carbons (Fsp3) is 0.250. The lowest BCUT2D eigenvalue weighted by molar-refractivity contribution is 0.0301. The van der Waals surface area contributed by atoms with Crippen LogP contribution in [0, 0.1) is 0 Å². The lowest BCUT2D eigenvalue weighted by atomic mass is 9.92. The van der Waals surface area contributed by atoms with Crippen molar-refractivity contribution in [2.75, 3.05) is 0 Å². The highest BCUT2D eigenvalue weighted by Gasteiger charge is 2.28. The van der Waals surface area contributed by atoms with Crippen molar-refractivity contribution in [3.63, 3.8) is 0 Å². The van der Waals surface area contributed by atoms with Gasteiger partial charge < -0.3 is 10.8 Å². The van der Waals surface area contributed by atoms with E-state index in [0.29, 0.717) is 6.42 Å². The average Bonchev–Trinajstić information content (AvgIpc) is 2.89. The zero-order valence-electron chi connectivity index (χ0n) is 20.3. The minimum Gasteiger partial charge on any atom is -0.391 e. The Labute approximate surface area is 209 Å². The molecule has 0 bridgehead atoms. The summed E-state index contributed by atoms with van der Waals surface area (Å²) in [6, 6.07) is 41.6. The van der Waals surface area contributed by atoms with Crippen molar-refractivity contribution >= 4 is 0 Å². The standard InChI is InChI=1S/C32H36N2O/c33-30(21-26-13-5-1-6-14-26)23-32(35)31(22-27-15-7-2-8-16-27)34(24-28-17-9-3-10-18-28)25-29-19-11-4-12-20-29/h1-20,30-32,35H,21-25,33H2/t30?,31-,32+/m1/s1. The molecule has 3 nitrogen and oxygen atoms in total. The van der Waals surface area contributed by atoms with Crippen LogP contribution in [0.1, 0.15) is 28.7 Å². The smallest absolute Gasteiger partial charge is 0.0713 e. The van der Waals surface area contributed by atoms with Gasteiger partial charge in [0.25, 0.3) is 0 Å². The van der Waals surface area contributed by atoms with E-state index in [1.54, 1.807) is 0 Å². The van der Waals surface area contributed by atoms with Crippen LogP contribution in [0.3, 0.4) is 0 Å². The van der Waals surface area contributed by atoms with Crippen molar-refractivity contribution in [3.8, 4) is 0 Å². The summed E-state index contributed by atoms with van der Waals surface area (Å²) in [6.07, 6.45) is 1.51. The maximum absolute atomic E-state index is 11.6. The molecule has 0 fully saturated rings. The Morgan fingerprint density at radius 3 is 1.34 bits per heavy atom. The number of rotatable bonds is 12. The van der Waals surface area contributed by atoms with E-state index >= 15 is 0 Å². The number of benzene rings is 4. The van der Waals surface area contributed by atoms with Crippen LogP contribution in [-0.2, 0) is 25.9 Å². The quantitative estimate of drug-likeness (QED) is 0.286. The molecule has 3 heteroatoms. The number of aliphatic hydroxyl groups is 1. The molecule has 0 aromatic heterocycles. The molecule has 0 aliphatic carbocycles. The number of aliphatic hydroxyl groups excluding tert-OH is 1. The van der Waals surface area contributed by atoms with E-state index in [1.807, 2.05) is 36.4 Å². The van der Waals surface area contributed by atoms with Crippen molar-refractivity contribution in [1.29, 1.82) is 0 Å². The molecule has 4 rings (SSSR count). The van der Waals surface area contributed by atoms with Gasteiger partial charge in [-0.3, -0.25) is 4.90 Å². The molecule has 0 saturated carbocycles. The fourth-order valence-electron chi connectivity index (χ4n) is 4.76. The Morgan fingerprint density at radius 1 is 0.543 bits per heavy atom. The van der Waals surface area contributed by atoms with Crippen molar-refractivity contribution in [1.82, 2.24) is 4.90 Å². The lowest BCUT2D eigenvalue weighted by Crippen LogP contribution is -2.46. The maximum atomic E-state index is 11.6. The van der Waals surface area contributed by atoms with E-state index in [0.717, 1.165) is 25.9 Å². The third-order valence-electron chi connectivity index (χ3n) is 6.54. The SMILES string of the molecule is NC(Cc1ccccc1)C[C@H](O)[C@@H](Cc1ccccc1)N(Cc1ccccc1)Cc1ccccc1. The van der Waals surface area contributed by atoms with Gasteiger partial charge in [-0.15, -0.1) is 0 Å². The highest BCUT2D eigenvalue weighted by Crippen LogP contribution is 2.22. The zero-order valence-corrected chi connectivity index (χ0v) is 20.3. The Hall–Kier alpha value is -3.24. The summed E-state index contributed by atoms with van der Waals surface area (Å²) in [5, 5.41) is 11.6. The molecule has 0 saturated heterocycles. The first-order valence-corrected chi connectivity index (χ1v) is 12.5. The number of nitrogens with zero attached hydrogens (tertiary/aromatic N) is 1. The van der Waals surface area contributed by atoms with Crippen LogP contribution in [-0.4, -0.2) is 28.2 Å². The largest absolute Gasteiger partial charge is 0.391 e. The van der Waals surface area contributed by atoms with Gasteiger partial charge in [-0.2, -0.15) is 0 Å². The first kappa shape index (κ1) is 24.9. The molecular weight excluding hydrogens is 428 g/mol. The summed E-state index contributed by atoms with van der Waals surface area (Å²) in [4.78, 5) is 2.41. The van der Waals surface area contributed by atoms with E-state index in [1.165, 1.54) is 22.3 Å². The van der Waals surface area contributed by atoms with Gasteiger partial charge in [0.05, 0.1) is 6.10 Å². The molecular formula is C32H36N2O. The highest BCUT2D eigenvalue weighted by atomic mass is 16.3. The average molecular weight is 465 g/mol. The van der Waals surface area contributed by atoms with E-state index in [-0.39, 0.29) is 12.1 Å². The summed E-state index contributed by atoms with van der Waals surface area (Å²) in [7, 11) is 0. The van der Waals surface area contributed by atoms with Crippen LogP contribution >= 0.6 is 0 Å². The Kier molecular flexibility index (Phi) is 9.24. The van der Waals surface area contributed by atoms with Gasteiger partial charge >= 0.3 is 0 Å². The second-order valence-electron chi connectivity index (χ2n) is 9.39. The lowest BCUT2D eigenvalue weighted by Gasteiger charge is -2.36. The minimum atomic E-state index is -0.554. The third-order valence-corrected chi connectivity index (χ3v) is 6.54. The molecule has 0 heterocycles. The number of nitrogens with two attached hydrogens (primary N) is 1.